The highest BCUT2D eigenvalue weighted by Crippen LogP contribution is 2.21. The van der Waals surface area contributed by atoms with Crippen molar-refractivity contribution in [1.82, 2.24) is 4.98 Å². The van der Waals surface area contributed by atoms with Crippen LogP contribution in [0.4, 0.5) is 0 Å². The first-order valence-electron chi connectivity index (χ1n) is 6.89. The lowest BCUT2D eigenvalue weighted by Gasteiger charge is -2.10. The second-order valence-electron chi connectivity index (χ2n) is 5.01. The van der Waals surface area contributed by atoms with Gasteiger partial charge in [0.25, 0.3) is 0 Å². The predicted molar refractivity (Wildman–Crippen MR) is 86.8 cm³/mol. The highest BCUT2D eigenvalue weighted by molar-refractivity contribution is 6.17. The molecule has 0 unspecified atom stereocenters. The number of fused-ring (bicyclic) bond motifs is 1. The number of aryl methyl sites for hydroxylation is 1. The summed E-state index contributed by atoms with van der Waals surface area (Å²) >= 11 is 5.79. The van der Waals surface area contributed by atoms with Crippen LogP contribution in [0.25, 0.3) is 10.9 Å². The molecule has 0 spiro atoms. The second kappa shape index (κ2) is 6.15. The SMILES string of the molecule is Cc1cc(COc2ccc(CCl)cc2)c2ccccc2n1. The van der Waals surface area contributed by atoms with Crippen molar-refractivity contribution in [3.8, 4) is 5.75 Å². The molecule has 106 valence electrons. The van der Waals surface area contributed by atoms with Crippen molar-refractivity contribution in [1.29, 1.82) is 0 Å². The zero-order chi connectivity index (χ0) is 14.7. The Balaban J connectivity index is 1.84. The van der Waals surface area contributed by atoms with Gasteiger partial charge in [0.05, 0.1) is 5.52 Å². The number of para-hydroxylation sites is 1. The van der Waals surface area contributed by atoms with Crippen LogP contribution >= 0.6 is 11.6 Å². The normalized spacial score (nSPS) is 10.8. The molecule has 0 amide bonds. The number of hydrogen-bond donors (Lipinski definition) is 0. The Bertz CT molecular complexity index is 753. The Labute approximate surface area is 129 Å². The molecule has 3 heteroatoms. The molecule has 0 saturated carbocycles. The van der Waals surface area contributed by atoms with Crippen LogP contribution < -0.4 is 4.74 Å². The van der Waals surface area contributed by atoms with Gasteiger partial charge in [-0.15, -0.1) is 11.6 Å². The van der Waals surface area contributed by atoms with Gasteiger partial charge in [-0.3, -0.25) is 4.98 Å². The Morgan fingerprint density at radius 2 is 1.81 bits per heavy atom. The van der Waals surface area contributed by atoms with Gasteiger partial charge in [-0.25, -0.2) is 0 Å². The van der Waals surface area contributed by atoms with Crippen LogP contribution in [0.1, 0.15) is 16.8 Å². The number of pyridine rings is 1. The van der Waals surface area contributed by atoms with E-state index in [2.05, 4.69) is 17.1 Å². The fourth-order valence-electron chi connectivity index (χ4n) is 2.35. The lowest BCUT2D eigenvalue weighted by molar-refractivity contribution is 0.307. The van der Waals surface area contributed by atoms with Gasteiger partial charge in [0.15, 0.2) is 0 Å². The molecule has 3 aromatic rings. The summed E-state index contributed by atoms with van der Waals surface area (Å²) < 4.78 is 5.88. The van der Waals surface area contributed by atoms with E-state index < -0.39 is 0 Å². The van der Waals surface area contributed by atoms with E-state index in [9.17, 15) is 0 Å². The Hall–Kier alpha value is -2.06. The molecule has 0 radical (unpaired) electrons. The van der Waals surface area contributed by atoms with Gasteiger partial charge in [0, 0.05) is 22.5 Å². The number of aromatic nitrogens is 1. The molecule has 0 saturated heterocycles. The van der Waals surface area contributed by atoms with Crippen LogP contribution in [0.2, 0.25) is 0 Å². The maximum atomic E-state index is 5.88. The molecule has 0 N–H and O–H groups in total. The van der Waals surface area contributed by atoms with Crippen molar-refractivity contribution in [2.75, 3.05) is 0 Å². The predicted octanol–water partition coefficient (Wildman–Crippen LogP) is 4.86. The third kappa shape index (κ3) is 3.17. The fraction of sp³-hybridized carbons (Fsp3) is 0.167. The first-order chi connectivity index (χ1) is 10.3. The highest BCUT2D eigenvalue weighted by atomic mass is 35.5. The van der Waals surface area contributed by atoms with E-state index in [1.54, 1.807) is 0 Å². The molecule has 1 heterocycles. The Morgan fingerprint density at radius 1 is 1.05 bits per heavy atom. The standard InChI is InChI=1S/C18H16ClNO/c1-13-10-15(17-4-2-3-5-18(17)20-13)12-21-16-8-6-14(11-19)7-9-16/h2-10H,11-12H2,1H3. The van der Waals surface area contributed by atoms with E-state index in [-0.39, 0.29) is 0 Å². The lowest BCUT2D eigenvalue weighted by atomic mass is 10.1. The van der Waals surface area contributed by atoms with Crippen LogP contribution in [-0.4, -0.2) is 4.98 Å². The first-order valence-corrected chi connectivity index (χ1v) is 7.42. The molecule has 0 fully saturated rings. The van der Waals surface area contributed by atoms with E-state index in [4.69, 9.17) is 16.3 Å². The maximum Gasteiger partial charge on any atom is 0.119 e. The number of halogens is 1. The molecule has 0 bridgehead atoms. The molecule has 0 aliphatic carbocycles. The van der Waals surface area contributed by atoms with E-state index in [1.807, 2.05) is 49.4 Å². The third-order valence-corrected chi connectivity index (χ3v) is 3.71. The molecule has 1 aromatic heterocycles. The fourth-order valence-corrected chi connectivity index (χ4v) is 2.53. The van der Waals surface area contributed by atoms with Crippen LogP contribution in [0.3, 0.4) is 0 Å². The van der Waals surface area contributed by atoms with Crippen LogP contribution in [0.15, 0.2) is 54.6 Å². The molecule has 0 aliphatic heterocycles. The van der Waals surface area contributed by atoms with Gasteiger partial charge >= 0.3 is 0 Å². The summed E-state index contributed by atoms with van der Waals surface area (Å²) in [6.07, 6.45) is 0. The Morgan fingerprint density at radius 3 is 2.57 bits per heavy atom. The third-order valence-electron chi connectivity index (χ3n) is 3.40. The largest absolute Gasteiger partial charge is 0.489 e. The van der Waals surface area contributed by atoms with Crippen LogP contribution in [0, 0.1) is 6.92 Å². The quantitative estimate of drug-likeness (QED) is 0.642. The summed E-state index contributed by atoms with van der Waals surface area (Å²) in [5, 5.41) is 1.14. The van der Waals surface area contributed by atoms with E-state index in [1.165, 1.54) is 0 Å². The highest BCUT2D eigenvalue weighted by Gasteiger charge is 2.04. The zero-order valence-electron chi connectivity index (χ0n) is 11.8. The average Bonchev–Trinajstić information content (AvgIpc) is 2.53. The van der Waals surface area contributed by atoms with E-state index in [0.717, 1.165) is 33.5 Å². The van der Waals surface area contributed by atoms with Crippen molar-refractivity contribution >= 4 is 22.5 Å². The minimum atomic E-state index is 0.522. The topological polar surface area (TPSA) is 22.1 Å². The van der Waals surface area contributed by atoms with Gasteiger partial charge in [0.1, 0.15) is 12.4 Å². The van der Waals surface area contributed by atoms with Crippen molar-refractivity contribution in [3.05, 3.63) is 71.4 Å². The summed E-state index contributed by atoms with van der Waals surface area (Å²) in [4.78, 5) is 4.54. The van der Waals surface area contributed by atoms with Crippen molar-refractivity contribution in [2.24, 2.45) is 0 Å². The summed E-state index contributed by atoms with van der Waals surface area (Å²) in [6, 6.07) is 18.1. The summed E-state index contributed by atoms with van der Waals surface area (Å²) in [5.74, 6) is 1.37. The molecule has 21 heavy (non-hydrogen) atoms. The number of benzene rings is 2. The number of alkyl halides is 1. The van der Waals surface area contributed by atoms with Crippen molar-refractivity contribution in [3.63, 3.8) is 0 Å². The molecule has 2 aromatic carbocycles. The second-order valence-corrected chi connectivity index (χ2v) is 5.27. The molecule has 0 aliphatic rings. The number of rotatable bonds is 4. The van der Waals surface area contributed by atoms with Crippen LogP contribution in [0.5, 0.6) is 5.75 Å². The van der Waals surface area contributed by atoms with Crippen molar-refractivity contribution < 1.29 is 4.74 Å². The Kier molecular flexibility index (Phi) is 4.07. The van der Waals surface area contributed by atoms with Gasteiger partial charge in [-0.1, -0.05) is 30.3 Å². The van der Waals surface area contributed by atoms with Crippen molar-refractivity contribution in [2.45, 2.75) is 19.4 Å². The van der Waals surface area contributed by atoms with E-state index in [0.29, 0.717) is 12.5 Å². The number of hydrogen-bond acceptors (Lipinski definition) is 2. The van der Waals surface area contributed by atoms with Gasteiger partial charge in [0.2, 0.25) is 0 Å². The minimum Gasteiger partial charge on any atom is -0.489 e. The summed E-state index contributed by atoms with van der Waals surface area (Å²) in [5.41, 5.74) is 4.26. The van der Waals surface area contributed by atoms with E-state index >= 15 is 0 Å². The molecule has 0 atom stereocenters. The number of ether oxygens (including phenoxy) is 1. The zero-order valence-corrected chi connectivity index (χ0v) is 12.6. The smallest absolute Gasteiger partial charge is 0.119 e. The molecular formula is C18H16ClNO. The monoisotopic (exact) mass is 297 g/mol. The molecular weight excluding hydrogens is 282 g/mol. The lowest BCUT2D eigenvalue weighted by Crippen LogP contribution is -1.98. The summed E-state index contributed by atoms with van der Waals surface area (Å²) in [7, 11) is 0. The minimum absolute atomic E-state index is 0.522. The first kappa shape index (κ1) is 13.9. The van der Waals surface area contributed by atoms with Gasteiger partial charge in [-0.05, 0) is 36.8 Å². The summed E-state index contributed by atoms with van der Waals surface area (Å²) in [6.45, 7) is 2.54. The maximum absolute atomic E-state index is 5.88. The average molecular weight is 298 g/mol. The number of nitrogens with zero attached hydrogens (tertiary/aromatic N) is 1. The van der Waals surface area contributed by atoms with Crippen LogP contribution in [-0.2, 0) is 12.5 Å². The van der Waals surface area contributed by atoms with Gasteiger partial charge in [-0.2, -0.15) is 0 Å². The molecule has 2 nitrogen and oxygen atoms in total. The van der Waals surface area contributed by atoms with Gasteiger partial charge < -0.3 is 4.74 Å². The molecule has 3 rings (SSSR count).